The first kappa shape index (κ1) is 25.1. The smallest absolute Gasteiger partial charge is 0.340 e. The second-order valence-corrected chi connectivity index (χ2v) is 9.27. The number of aromatic nitrogens is 2. The van der Waals surface area contributed by atoms with Crippen molar-refractivity contribution < 1.29 is 18.3 Å². The molecular weight excluding hydrogens is 561 g/mol. The topological polar surface area (TPSA) is 44.1 Å². The van der Waals surface area contributed by atoms with E-state index in [0.717, 1.165) is 17.1 Å². The van der Waals surface area contributed by atoms with Crippen molar-refractivity contribution in [3.63, 3.8) is 0 Å². The second kappa shape index (κ2) is 10.7. The summed E-state index contributed by atoms with van der Waals surface area (Å²) in [4.78, 5) is 16.3. The molecule has 4 rings (SSSR count). The lowest BCUT2D eigenvalue weighted by Crippen LogP contribution is -2.10. The van der Waals surface area contributed by atoms with Crippen molar-refractivity contribution >= 4 is 57.3 Å². The molecule has 3 aromatic carbocycles. The largest absolute Gasteiger partial charge is 0.465 e. The molecule has 0 radical (unpaired) electrons. The van der Waals surface area contributed by atoms with Gasteiger partial charge in [-0.1, -0.05) is 63.4 Å². The lowest BCUT2D eigenvalue weighted by molar-refractivity contribution is 0.0594. The van der Waals surface area contributed by atoms with Crippen LogP contribution in [0.25, 0.3) is 23.4 Å². The molecule has 0 fully saturated rings. The fraction of sp³-hybridized carbons (Fsp3) is 0.0769. The van der Waals surface area contributed by atoms with E-state index < -0.39 is 23.2 Å². The van der Waals surface area contributed by atoms with Crippen LogP contribution < -0.4 is 0 Å². The Morgan fingerprint density at radius 3 is 2.49 bits per heavy atom. The zero-order valence-corrected chi connectivity index (χ0v) is 21.3. The van der Waals surface area contributed by atoms with Gasteiger partial charge in [-0.05, 0) is 48.0 Å². The number of hydrogen-bond acceptors (Lipinski definition) is 3. The average Bonchev–Trinajstić information content (AvgIpc) is 3.23. The lowest BCUT2D eigenvalue weighted by atomic mass is 10.1. The van der Waals surface area contributed by atoms with Gasteiger partial charge >= 0.3 is 5.97 Å². The van der Waals surface area contributed by atoms with Crippen LogP contribution in [0.1, 0.15) is 27.3 Å². The number of halogens is 5. The molecule has 4 aromatic rings. The molecule has 0 aliphatic rings. The molecule has 0 atom stereocenters. The third-order valence-corrected chi connectivity index (χ3v) is 6.29. The van der Waals surface area contributed by atoms with Gasteiger partial charge in [-0.2, -0.15) is 0 Å². The first-order valence-corrected chi connectivity index (χ1v) is 11.8. The van der Waals surface area contributed by atoms with E-state index >= 15 is 0 Å². The van der Waals surface area contributed by atoms with Gasteiger partial charge in [-0.25, -0.2) is 18.6 Å². The van der Waals surface area contributed by atoms with Crippen LogP contribution in [0, 0.1) is 11.6 Å². The quantitative estimate of drug-likeness (QED) is 0.219. The van der Waals surface area contributed by atoms with E-state index in [1.165, 1.54) is 12.1 Å². The summed E-state index contributed by atoms with van der Waals surface area (Å²) < 4.78 is 36.5. The predicted molar refractivity (Wildman–Crippen MR) is 138 cm³/mol. The van der Waals surface area contributed by atoms with Crippen molar-refractivity contribution in [2.24, 2.45) is 0 Å². The van der Waals surface area contributed by atoms with Crippen LogP contribution in [-0.4, -0.2) is 22.6 Å². The Labute approximate surface area is 218 Å². The summed E-state index contributed by atoms with van der Waals surface area (Å²) in [6.45, 7) is -0.0393. The standard InChI is InChI=1S/C26H17BrCl2F2N2O2/c1-35-26(34)20-9-5-16(24(30)25(20)31)13-33-14-22(19-10-8-18(28)12-21(19)29)32-23(33)11-4-15-2-6-17(27)7-3-15/h2-12,14H,13H2,1H3. The molecule has 0 bridgehead atoms. The van der Waals surface area contributed by atoms with Crippen molar-refractivity contribution in [1.29, 1.82) is 0 Å². The van der Waals surface area contributed by atoms with Crippen LogP contribution in [0.3, 0.4) is 0 Å². The van der Waals surface area contributed by atoms with E-state index in [-0.39, 0.29) is 12.1 Å². The number of carbonyl (C=O) groups excluding carboxylic acids is 1. The number of ether oxygens (including phenoxy) is 1. The van der Waals surface area contributed by atoms with Gasteiger partial charge in [0.2, 0.25) is 0 Å². The lowest BCUT2D eigenvalue weighted by Gasteiger charge is -2.09. The number of nitrogens with zero attached hydrogens (tertiary/aromatic N) is 2. The molecule has 0 aliphatic heterocycles. The number of benzene rings is 3. The Balaban J connectivity index is 1.76. The minimum absolute atomic E-state index is 0.0393. The van der Waals surface area contributed by atoms with E-state index in [2.05, 4.69) is 25.7 Å². The highest BCUT2D eigenvalue weighted by Gasteiger charge is 2.20. The summed E-state index contributed by atoms with van der Waals surface area (Å²) >= 11 is 15.8. The molecule has 0 amide bonds. The molecule has 0 aliphatic carbocycles. The maximum absolute atomic E-state index is 14.8. The first-order chi connectivity index (χ1) is 16.8. The molecule has 0 spiro atoms. The Morgan fingerprint density at radius 2 is 1.80 bits per heavy atom. The third-order valence-electron chi connectivity index (χ3n) is 5.22. The first-order valence-electron chi connectivity index (χ1n) is 10.3. The van der Waals surface area contributed by atoms with Crippen LogP contribution in [-0.2, 0) is 11.3 Å². The Kier molecular flexibility index (Phi) is 7.69. The minimum atomic E-state index is -1.26. The van der Waals surface area contributed by atoms with Gasteiger partial charge < -0.3 is 9.30 Å². The third kappa shape index (κ3) is 5.64. The highest BCUT2D eigenvalue weighted by atomic mass is 79.9. The Morgan fingerprint density at radius 1 is 1.06 bits per heavy atom. The van der Waals surface area contributed by atoms with Crippen molar-refractivity contribution in [3.05, 3.63) is 109 Å². The van der Waals surface area contributed by atoms with Crippen LogP contribution >= 0.6 is 39.1 Å². The van der Waals surface area contributed by atoms with Crippen LogP contribution in [0.15, 0.2) is 65.3 Å². The molecule has 0 saturated carbocycles. The molecule has 1 heterocycles. The van der Waals surface area contributed by atoms with E-state index in [4.69, 9.17) is 23.2 Å². The van der Waals surface area contributed by atoms with E-state index in [1.807, 2.05) is 30.3 Å². The maximum atomic E-state index is 14.8. The van der Waals surface area contributed by atoms with Crippen LogP contribution in [0.4, 0.5) is 8.78 Å². The van der Waals surface area contributed by atoms with Crippen molar-refractivity contribution in [1.82, 2.24) is 9.55 Å². The van der Waals surface area contributed by atoms with Gasteiger partial charge in [0, 0.05) is 26.8 Å². The fourth-order valence-corrected chi connectivity index (χ4v) is 4.19. The molecule has 4 nitrogen and oxygen atoms in total. The van der Waals surface area contributed by atoms with Crippen molar-refractivity contribution in [2.45, 2.75) is 6.54 Å². The number of esters is 1. The summed E-state index contributed by atoms with van der Waals surface area (Å²) in [5.41, 5.74) is 1.67. The molecule has 35 heavy (non-hydrogen) atoms. The zero-order valence-electron chi connectivity index (χ0n) is 18.2. The molecule has 0 unspecified atom stereocenters. The van der Waals surface area contributed by atoms with E-state index in [0.29, 0.717) is 27.1 Å². The minimum Gasteiger partial charge on any atom is -0.465 e. The second-order valence-electron chi connectivity index (χ2n) is 7.51. The fourth-order valence-electron chi connectivity index (χ4n) is 3.42. The highest BCUT2D eigenvalue weighted by Crippen LogP contribution is 2.31. The molecule has 1 aromatic heterocycles. The SMILES string of the molecule is COC(=O)c1ccc(Cn2cc(-c3ccc(Cl)cc3Cl)nc2C=Cc2ccc(Br)cc2)c(F)c1F. The maximum Gasteiger partial charge on any atom is 0.340 e. The summed E-state index contributed by atoms with van der Waals surface area (Å²) in [5.74, 6) is -2.85. The molecule has 178 valence electrons. The molecular formula is C26H17BrCl2F2N2O2. The van der Waals surface area contributed by atoms with Gasteiger partial charge in [-0.15, -0.1) is 0 Å². The number of rotatable bonds is 6. The Bertz CT molecular complexity index is 1440. The summed E-state index contributed by atoms with van der Waals surface area (Å²) in [6, 6.07) is 15.3. The van der Waals surface area contributed by atoms with Crippen LogP contribution in [0.2, 0.25) is 10.0 Å². The van der Waals surface area contributed by atoms with Crippen molar-refractivity contribution in [3.8, 4) is 11.3 Å². The zero-order chi connectivity index (χ0) is 25.1. The predicted octanol–water partition coefficient (Wildman–Crippen LogP) is 7.90. The number of methoxy groups -OCH3 is 1. The van der Waals surface area contributed by atoms with Gasteiger partial charge in [0.05, 0.1) is 29.9 Å². The van der Waals surface area contributed by atoms with Crippen LogP contribution in [0.5, 0.6) is 0 Å². The number of imidazole rings is 1. The van der Waals surface area contributed by atoms with Gasteiger partial charge in [0.25, 0.3) is 0 Å². The van der Waals surface area contributed by atoms with Crippen molar-refractivity contribution in [2.75, 3.05) is 7.11 Å². The van der Waals surface area contributed by atoms with Gasteiger partial charge in [-0.3, -0.25) is 0 Å². The Hall–Kier alpha value is -3.00. The summed E-state index contributed by atoms with van der Waals surface area (Å²) in [7, 11) is 1.10. The monoisotopic (exact) mass is 576 g/mol. The molecule has 0 N–H and O–H groups in total. The van der Waals surface area contributed by atoms with Gasteiger partial charge in [0.1, 0.15) is 5.82 Å². The average molecular weight is 578 g/mol. The molecule has 9 heteroatoms. The normalized spacial score (nSPS) is 11.3. The summed E-state index contributed by atoms with van der Waals surface area (Å²) in [5, 5.41) is 0.891. The van der Waals surface area contributed by atoms with E-state index in [1.54, 1.807) is 35.0 Å². The number of carbonyl (C=O) groups is 1. The number of hydrogen-bond donors (Lipinski definition) is 0. The molecule has 0 saturated heterocycles. The summed E-state index contributed by atoms with van der Waals surface area (Å²) in [6.07, 6.45) is 5.32. The van der Waals surface area contributed by atoms with Gasteiger partial charge in [0.15, 0.2) is 11.6 Å². The highest BCUT2D eigenvalue weighted by molar-refractivity contribution is 9.10. The van der Waals surface area contributed by atoms with E-state index in [9.17, 15) is 13.6 Å².